The number of carboxylic acid groups (broad SMARTS) is 1. The molecule has 0 aliphatic heterocycles. The molecular formula is C15H21ClN2O2. The van der Waals surface area contributed by atoms with E-state index in [-0.39, 0.29) is 23.5 Å². The lowest BCUT2D eigenvalue weighted by molar-refractivity contribution is -0.0696. The SMILES string of the molecule is Cl.NC12CCCC(N(Cc3ccccc3)C(=O)O)(C1)C2. The molecule has 3 fully saturated rings. The highest BCUT2D eigenvalue weighted by Crippen LogP contribution is 2.54. The first-order valence-corrected chi connectivity index (χ1v) is 6.87. The zero-order valence-electron chi connectivity index (χ0n) is 11.4. The third-order valence-electron chi connectivity index (χ3n) is 4.67. The molecule has 3 saturated carbocycles. The average Bonchev–Trinajstić information content (AvgIpc) is 2.35. The van der Waals surface area contributed by atoms with Gasteiger partial charge < -0.3 is 10.8 Å². The molecule has 0 radical (unpaired) electrons. The molecule has 110 valence electrons. The Kier molecular flexibility index (Phi) is 3.98. The molecule has 3 N–H and O–H groups in total. The zero-order valence-corrected chi connectivity index (χ0v) is 12.2. The van der Waals surface area contributed by atoms with Gasteiger partial charge in [0.1, 0.15) is 0 Å². The minimum Gasteiger partial charge on any atom is -0.465 e. The molecule has 0 unspecified atom stereocenters. The average molecular weight is 297 g/mol. The Bertz CT molecular complexity index is 486. The lowest BCUT2D eigenvalue weighted by atomic mass is 9.54. The van der Waals surface area contributed by atoms with Gasteiger partial charge in [-0.25, -0.2) is 4.79 Å². The van der Waals surface area contributed by atoms with Gasteiger partial charge in [0.25, 0.3) is 0 Å². The third kappa shape index (κ3) is 2.50. The maximum atomic E-state index is 11.6. The van der Waals surface area contributed by atoms with Crippen LogP contribution in [0.15, 0.2) is 30.3 Å². The fourth-order valence-corrected chi connectivity index (χ4v) is 3.91. The van der Waals surface area contributed by atoms with E-state index >= 15 is 0 Å². The summed E-state index contributed by atoms with van der Waals surface area (Å²) in [6.07, 6.45) is 3.83. The first-order chi connectivity index (χ1) is 9.03. The Morgan fingerprint density at radius 3 is 2.45 bits per heavy atom. The highest BCUT2D eigenvalue weighted by molar-refractivity contribution is 5.85. The van der Waals surface area contributed by atoms with Crippen molar-refractivity contribution in [3.8, 4) is 0 Å². The molecule has 4 rings (SSSR count). The highest BCUT2D eigenvalue weighted by atomic mass is 35.5. The number of benzene rings is 1. The maximum absolute atomic E-state index is 11.6. The molecular weight excluding hydrogens is 276 g/mol. The summed E-state index contributed by atoms with van der Waals surface area (Å²) in [6.45, 7) is 0.465. The number of amides is 1. The molecule has 0 saturated heterocycles. The minimum atomic E-state index is -0.826. The van der Waals surface area contributed by atoms with Crippen molar-refractivity contribution in [3.05, 3.63) is 35.9 Å². The van der Waals surface area contributed by atoms with Crippen LogP contribution in [0.25, 0.3) is 0 Å². The number of hydrogen-bond acceptors (Lipinski definition) is 2. The Labute approximate surface area is 125 Å². The van der Waals surface area contributed by atoms with E-state index in [9.17, 15) is 9.90 Å². The number of nitrogens with zero attached hydrogens (tertiary/aromatic N) is 1. The number of nitrogens with two attached hydrogens (primary N) is 1. The van der Waals surface area contributed by atoms with Crippen LogP contribution in [0.5, 0.6) is 0 Å². The van der Waals surface area contributed by atoms with E-state index in [1.807, 2.05) is 30.3 Å². The second-order valence-electron chi connectivity index (χ2n) is 6.15. The van der Waals surface area contributed by atoms with Crippen molar-refractivity contribution in [2.45, 2.75) is 49.7 Å². The van der Waals surface area contributed by atoms with E-state index in [1.165, 1.54) is 0 Å². The Hall–Kier alpha value is -1.26. The van der Waals surface area contributed by atoms with Crippen LogP contribution in [-0.2, 0) is 6.54 Å². The van der Waals surface area contributed by atoms with Crippen molar-refractivity contribution in [2.24, 2.45) is 5.73 Å². The minimum absolute atomic E-state index is 0. The van der Waals surface area contributed by atoms with Crippen LogP contribution in [0.3, 0.4) is 0 Å². The van der Waals surface area contributed by atoms with E-state index in [0.717, 1.165) is 37.7 Å². The smallest absolute Gasteiger partial charge is 0.408 e. The molecule has 1 aromatic carbocycles. The zero-order chi connectivity index (χ0) is 13.5. The summed E-state index contributed by atoms with van der Waals surface area (Å²) in [7, 11) is 0. The van der Waals surface area contributed by atoms with Crippen LogP contribution < -0.4 is 5.73 Å². The second kappa shape index (κ2) is 5.26. The lowest BCUT2D eigenvalue weighted by Gasteiger charge is -2.62. The van der Waals surface area contributed by atoms with Gasteiger partial charge in [0, 0.05) is 12.1 Å². The molecule has 0 atom stereocenters. The molecule has 1 amide bonds. The molecule has 0 aromatic heterocycles. The van der Waals surface area contributed by atoms with Gasteiger partial charge in [0.05, 0.1) is 5.54 Å². The van der Waals surface area contributed by atoms with Gasteiger partial charge in [-0.1, -0.05) is 30.3 Å². The van der Waals surface area contributed by atoms with Gasteiger partial charge >= 0.3 is 6.09 Å². The van der Waals surface area contributed by atoms with Gasteiger partial charge in [0.15, 0.2) is 0 Å². The number of fused-ring (bicyclic) bond motifs is 2. The predicted molar refractivity (Wildman–Crippen MR) is 80.0 cm³/mol. The Morgan fingerprint density at radius 2 is 1.90 bits per heavy atom. The van der Waals surface area contributed by atoms with Crippen LogP contribution in [0, 0.1) is 0 Å². The molecule has 1 aromatic rings. The molecule has 4 nitrogen and oxygen atoms in total. The predicted octanol–water partition coefficient (Wildman–Crippen LogP) is 3.00. The van der Waals surface area contributed by atoms with E-state index in [2.05, 4.69) is 0 Å². The van der Waals surface area contributed by atoms with Crippen molar-refractivity contribution < 1.29 is 9.90 Å². The Balaban J connectivity index is 0.00000147. The first-order valence-electron chi connectivity index (χ1n) is 6.87. The van der Waals surface area contributed by atoms with Crippen molar-refractivity contribution in [3.63, 3.8) is 0 Å². The summed E-state index contributed by atoms with van der Waals surface area (Å²) in [5, 5.41) is 9.55. The number of halogens is 1. The summed E-state index contributed by atoms with van der Waals surface area (Å²) in [4.78, 5) is 13.2. The normalized spacial score (nSPS) is 30.9. The highest BCUT2D eigenvalue weighted by Gasteiger charge is 2.59. The van der Waals surface area contributed by atoms with Gasteiger partial charge in [-0.15, -0.1) is 12.4 Å². The van der Waals surface area contributed by atoms with Crippen LogP contribution >= 0.6 is 12.4 Å². The van der Waals surface area contributed by atoms with Crippen LogP contribution in [0.2, 0.25) is 0 Å². The third-order valence-corrected chi connectivity index (χ3v) is 4.67. The lowest BCUT2D eigenvalue weighted by Crippen LogP contribution is -2.71. The molecule has 0 heterocycles. The van der Waals surface area contributed by atoms with Gasteiger partial charge in [-0.05, 0) is 37.7 Å². The largest absolute Gasteiger partial charge is 0.465 e. The van der Waals surface area contributed by atoms with Crippen LogP contribution in [0.1, 0.15) is 37.7 Å². The van der Waals surface area contributed by atoms with Gasteiger partial charge in [-0.3, -0.25) is 4.90 Å². The van der Waals surface area contributed by atoms with Crippen molar-refractivity contribution in [1.82, 2.24) is 4.90 Å². The van der Waals surface area contributed by atoms with Crippen molar-refractivity contribution in [2.75, 3.05) is 0 Å². The second-order valence-corrected chi connectivity index (χ2v) is 6.15. The van der Waals surface area contributed by atoms with Crippen molar-refractivity contribution >= 4 is 18.5 Å². The van der Waals surface area contributed by atoms with Crippen LogP contribution in [-0.4, -0.2) is 27.2 Å². The summed E-state index contributed by atoms with van der Waals surface area (Å²) in [5.41, 5.74) is 6.96. The summed E-state index contributed by atoms with van der Waals surface area (Å²) < 4.78 is 0. The molecule has 5 heteroatoms. The monoisotopic (exact) mass is 296 g/mol. The Morgan fingerprint density at radius 1 is 1.25 bits per heavy atom. The number of carbonyl (C=O) groups is 1. The van der Waals surface area contributed by atoms with Crippen LogP contribution in [0.4, 0.5) is 4.79 Å². The van der Waals surface area contributed by atoms with E-state index in [1.54, 1.807) is 4.90 Å². The maximum Gasteiger partial charge on any atom is 0.408 e. The number of hydrogen-bond donors (Lipinski definition) is 2. The quantitative estimate of drug-likeness (QED) is 0.901. The summed E-state index contributed by atoms with van der Waals surface area (Å²) in [5.74, 6) is 0. The first kappa shape index (κ1) is 15.1. The van der Waals surface area contributed by atoms with Gasteiger partial charge in [0.2, 0.25) is 0 Å². The topological polar surface area (TPSA) is 66.6 Å². The standard InChI is InChI=1S/C15H20N2O2.ClH/c16-14-7-4-8-15(10-14,11-14)17(13(18)19)9-12-5-2-1-3-6-12;/h1-3,5-6H,4,7-11,16H2,(H,18,19);1H. The molecule has 0 spiro atoms. The summed E-state index contributed by atoms with van der Waals surface area (Å²) >= 11 is 0. The molecule has 3 aliphatic carbocycles. The molecule has 20 heavy (non-hydrogen) atoms. The molecule has 3 aliphatic rings. The number of rotatable bonds is 3. The van der Waals surface area contributed by atoms with Gasteiger partial charge in [-0.2, -0.15) is 0 Å². The fourth-order valence-electron chi connectivity index (χ4n) is 3.91. The van der Waals surface area contributed by atoms with E-state index in [0.29, 0.717) is 6.54 Å². The molecule has 2 bridgehead atoms. The van der Waals surface area contributed by atoms with E-state index in [4.69, 9.17) is 5.73 Å². The fraction of sp³-hybridized carbons (Fsp3) is 0.533. The van der Waals surface area contributed by atoms with Crippen molar-refractivity contribution in [1.29, 1.82) is 0 Å². The summed E-state index contributed by atoms with van der Waals surface area (Å²) in [6, 6.07) is 9.79. The van der Waals surface area contributed by atoms with E-state index < -0.39 is 6.09 Å².